The maximum absolute atomic E-state index is 14.2. The molecule has 8 nitrogen and oxygen atoms in total. The number of amides is 4. The van der Waals surface area contributed by atoms with Crippen molar-refractivity contribution in [2.24, 2.45) is 17.8 Å². The minimum atomic E-state index is -2.11. The number of carbonyl (C=O) groups is 4. The van der Waals surface area contributed by atoms with Crippen molar-refractivity contribution >= 4 is 52.5 Å². The summed E-state index contributed by atoms with van der Waals surface area (Å²) in [5, 5.41) is 11.1. The van der Waals surface area contributed by atoms with Crippen molar-refractivity contribution in [2.45, 2.75) is 35.4 Å². The molecule has 40 heavy (non-hydrogen) atoms. The van der Waals surface area contributed by atoms with Crippen molar-refractivity contribution in [3.05, 3.63) is 65.5 Å². The molecule has 0 bridgehead atoms. The predicted molar refractivity (Wildman–Crippen MR) is 144 cm³/mol. The van der Waals surface area contributed by atoms with Gasteiger partial charge in [0.25, 0.3) is 11.8 Å². The largest absolute Gasteiger partial charge is 0.508 e. The van der Waals surface area contributed by atoms with Gasteiger partial charge < -0.3 is 9.84 Å². The lowest BCUT2D eigenvalue weighted by atomic mass is 9.56. The van der Waals surface area contributed by atoms with Crippen molar-refractivity contribution in [3.8, 4) is 11.5 Å². The van der Waals surface area contributed by atoms with Gasteiger partial charge in [0.15, 0.2) is 9.75 Å². The second-order valence-electron chi connectivity index (χ2n) is 10.6. The van der Waals surface area contributed by atoms with Gasteiger partial charge >= 0.3 is 0 Å². The van der Waals surface area contributed by atoms with Crippen molar-refractivity contribution in [1.82, 2.24) is 4.90 Å². The van der Waals surface area contributed by atoms with Gasteiger partial charge in [-0.25, -0.2) is 9.29 Å². The molecule has 0 aromatic heterocycles. The van der Waals surface area contributed by atoms with Gasteiger partial charge in [-0.1, -0.05) is 17.7 Å². The van der Waals surface area contributed by atoms with Gasteiger partial charge in [-0.05, 0) is 56.0 Å². The zero-order chi connectivity index (χ0) is 28.7. The zero-order valence-corrected chi connectivity index (χ0v) is 23.1. The molecular weight excluding hydrogens is 562 g/mol. The molecule has 0 radical (unpaired) electrons. The Morgan fingerprint density at radius 2 is 1.73 bits per heavy atom. The molecule has 3 fully saturated rings. The smallest absolute Gasteiger partial charge is 0.258 e. The fourth-order valence-electron chi connectivity index (χ4n) is 7.02. The average molecular weight is 587 g/mol. The lowest BCUT2D eigenvalue weighted by Gasteiger charge is -2.50. The van der Waals surface area contributed by atoms with E-state index in [9.17, 15) is 28.7 Å². The van der Waals surface area contributed by atoms with E-state index < -0.39 is 51.1 Å². The first-order chi connectivity index (χ1) is 19.0. The first-order valence-corrected chi connectivity index (χ1v) is 13.7. The number of imide groups is 2. The van der Waals surface area contributed by atoms with Crippen LogP contribution in [0, 0.1) is 23.6 Å². The number of hydrogen-bond acceptors (Lipinski definition) is 6. The Hall–Kier alpha value is -3.43. The molecule has 0 unspecified atom stereocenters. The van der Waals surface area contributed by atoms with E-state index in [1.54, 1.807) is 25.1 Å². The number of halogens is 3. The molecule has 2 aromatic carbocycles. The van der Waals surface area contributed by atoms with E-state index in [0.29, 0.717) is 11.3 Å². The number of fused-ring (bicyclic) bond motifs is 4. The van der Waals surface area contributed by atoms with Crippen LogP contribution in [0.1, 0.15) is 31.2 Å². The third-order valence-electron chi connectivity index (χ3n) is 8.85. The standard InChI is InChI=1S/C29H25Cl2FN2O6/c1-3-33-24(36)19-11-10-17-20(22(19)25(33)37)13-28(30)26(38)34(15-6-4-14(32)5-7-15)27(39)29(28,31)23(17)18-9-8-16(40-2)12-21(18)35/h4-10,12,19-20,22-23,35H,3,11,13H2,1-2H3/t19-,20+,22-,23+,28+,29-/m0/s1. The monoisotopic (exact) mass is 586 g/mol. The highest BCUT2D eigenvalue weighted by Gasteiger charge is 2.76. The summed E-state index contributed by atoms with van der Waals surface area (Å²) < 4.78 is 18.9. The third-order valence-corrected chi connectivity index (χ3v) is 10.3. The minimum Gasteiger partial charge on any atom is -0.508 e. The van der Waals surface area contributed by atoms with Crippen LogP contribution in [0.25, 0.3) is 0 Å². The average Bonchev–Trinajstić information content (AvgIpc) is 3.27. The number of likely N-dealkylation sites (tertiary alicyclic amines) is 1. The van der Waals surface area contributed by atoms with E-state index in [4.69, 9.17) is 27.9 Å². The second-order valence-corrected chi connectivity index (χ2v) is 11.8. The maximum Gasteiger partial charge on any atom is 0.258 e. The Morgan fingerprint density at radius 1 is 1.02 bits per heavy atom. The zero-order valence-electron chi connectivity index (χ0n) is 21.6. The van der Waals surface area contributed by atoms with Crippen LogP contribution < -0.4 is 9.64 Å². The van der Waals surface area contributed by atoms with Crippen LogP contribution in [0.15, 0.2) is 54.1 Å². The molecule has 6 atom stereocenters. The minimum absolute atomic E-state index is 0.0858. The molecule has 4 amide bonds. The maximum atomic E-state index is 14.2. The number of alkyl halides is 2. The number of ether oxygens (including phenoxy) is 1. The lowest BCUT2D eigenvalue weighted by molar-refractivity contribution is -0.140. The van der Waals surface area contributed by atoms with Crippen molar-refractivity contribution in [2.75, 3.05) is 18.6 Å². The molecular formula is C29H25Cl2FN2O6. The first-order valence-electron chi connectivity index (χ1n) is 12.9. The molecule has 2 aliphatic carbocycles. The van der Waals surface area contributed by atoms with Gasteiger partial charge in [0, 0.05) is 24.1 Å². The summed E-state index contributed by atoms with van der Waals surface area (Å²) in [6, 6.07) is 9.29. The van der Waals surface area contributed by atoms with Gasteiger partial charge in [-0.2, -0.15) is 0 Å². The number of phenols is 1. The summed E-state index contributed by atoms with van der Waals surface area (Å²) in [5.41, 5.74) is 0.873. The van der Waals surface area contributed by atoms with Crippen LogP contribution in [0.2, 0.25) is 0 Å². The van der Waals surface area contributed by atoms with Gasteiger partial charge in [0.1, 0.15) is 17.3 Å². The van der Waals surface area contributed by atoms with Gasteiger partial charge in [-0.3, -0.25) is 24.1 Å². The Morgan fingerprint density at radius 3 is 2.35 bits per heavy atom. The number of anilines is 1. The molecule has 2 aliphatic heterocycles. The molecule has 11 heteroatoms. The fraction of sp³-hybridized carbons (Fsp3) is 0.379. The van der Waals surface area contributed by atoms with E-state index in [2.05, 4.69) is 0 Å². The highest BCUT2D eigenvalue weighted by molar-refractivity contribution is 6.58. The molecule has 2 heterocycles. The topological polar surface area (TPSA) is 104 Å². The fourth-order valence-corrected chi connectivity index (χ4v) is 7.94. The van der Waals surface area contributed by atoms with E-state index in [1.165, 1.54) is 30.2 Å². The summed E-state index contributed by atoms with van der Waals surface area (Å²) in [4.78, 5) is 52.8. The summed E-state index contributed by atoms with van der Waals surface area (Å²) in [5.74, 6) is -5.99. The number of allylic oxidation sites excluding steroid dienone is 2. The van der Waals surface area contributed by atoms with E-state index >= 15 is 0 Å². The van der Waals surface area contributed by atoms with Crippen LogP contribution in [-0.2, 0) is 19.2 Å². The van der Waals surface area contributed by atoms with E-state index in [-0.39, 0.29) is 48.2 Å². The number of hydrogen-bond donors (Lipinski definition) is 1. The molecule has 6 rings (SSSR count). The number of aromatic hydroxyl groups is 1. The molecule has 1 saturated carbocycles. The summed E-state index contributed by atoms with van der Waals surface area (Å²) in [6.45, 7) is 1.92. The molecule has 4 aliphatic rings. The van der Waals surface area contributed by atoms with Gasteiger partial charge in [0.05, 0.1) is 24.6 Å². The Labute approximate surface area is 239 Å². The van der Waals surface area contributed by atoms with Crippen LogP contribution in [-0.4, -0.2) is 57.0 Å². The highest BCUT2D eigenvalue weighted by atomic mass is 35.5. The predicted octanol–water partition coefficient (Wildman–Crippen LogP) is 4.12. The molecule has 208 valence electrons. The van der Waals surface area contributed by atoms with Crippen molar-refractivity contribution in [3.63, 3.8) is 0 Å². The first kappa shape index (κ1) is 26.8. The summed E-state index contributed by atoms with van der Waals surface area (Å²) in [6.07, 6.45) is 1.85. The Kier molecular flexibility index (Phi) is 6.05. The summed E-state index contributed by atoms with van der Waals surface area (Å²) >= 11 is 14.5. The molecule has 0 spiro atoms. The normalized spacial score (nSPS) is 33.1. The van der Waals surface area contributed by atoms with E-state index in [1.807, 2.05) is 0 Å². The lowest BCUT2D eigenvalue weighted by Crippen LogP contribution is -2.60. The van der Waals surface area contributed by atoms with Crippen LogP contribution >= 0.6 is 23.2 Å². The quantitative estimate of drug-likeness (QED) is 0.328. The Bertz CT molecular complexity index is 1510. The second kappa shape index (κ2) is 9.04. The number of benzene rings is 2. The van der Waals surface area contributed by atoms with Crippen LogP contribution in [0.4, 0.5) is 10.1 Å². The van der Waals surface area contributed by atoms with Gasteiger partial charge in [-0.15, -0.1) is 23.2 Å². The third kappa shape index (κ3) is 3.31. The molecule has 1 N–H and O–H groups in total. The van der Waals surface area contributed by atoms with E-state index in [0.717, 1.165) is 17.0 Å². The van der Waals surface area contributed by atoms with Crippen LogP contribution in [0.3, 0.4) is 0 Å². The number of nitrogens with zero attached hydrogens (tertiary/aromatic N) is 2. The van der Waals surface area contributed by atoms with Crippen LogP contribution in [0.5, 0.6) is 11.5 Å². The Balaban J connectivity index is 1.57. The number of phenolic OH excluding ortho intramolecular Hbond substituents is 1. The number of carbonyl (C=O) groups excluding carboxylic acids is 4. The van der Waals surface area contributed by atoms with Crippen molar-refractivity contribution < 1.29 is 33.4 Å². The molecule has 2 aromatic rings. The van der Waals surface area contributed by atoms with Crippen molar-refractivity contribution in [1.29, 1.82) is 0 Å². The highest BCUT2D eigenvalue weighted by Crippen LogP contribution is 2.66. The number of rotatable bonds is 4. The summed E-state index contributed by atoms with van der Waals surface area (Å²) in [7, 11) is 1.43. The number of methoxy groups -OCH3 is 1. The molecule has 2 saturated heterocycles. The van der Waals surface area contributed by atoms with Gasteiger partial charge in [0.2, 0.25) is 11.8 Å². The SMILES string of the molecule is CCN1C(=O)[C@H]2[C@H](CC=C3[C@H]2C[C@@]2(Cl)C(=O)N(c4ccc(F)cc4)C(=O)[C@@]2(Cl)[C@H]3c2ccc(OC)cc2O)C1=O.